The summed E-state index contributed by atoms with van der Waals surface area (Å²) in [6.07, 6.45) is 0.175. The summed E-state index contributed by atoms with van der Waals surface area (Å²) in [5.74, 6) is -5.17. The van der Waals surface area contributed by atoms with Crippen molar-refractivity contribution in [1.82, 2.24) is 16.0 Å². The summed E-state index contributed by atoms with van der Waals surface area (Å²) < 4.78 is 0. The van der Waals surface area contributed by atoms with E-state index in [0.717, 1.165) is 0 Å². The van der Waals surface area contributed by atoms with Gasteiger partial charge < -0.3 is 31.9 Å². The van der Waals surface area contributed by atoms with Crippen LogP contribution in [0.25, 0.3) is 0 Å². The lowest BCUT2D eigenvalue weighted by Crippen LogP contribution is -2.59. The second kappa shape index (κ2) is 13.7. The molecule has 0 aliphatic heterocycles. The molecule has 11 heteroatoms. The first-order chi connectivity index (χ1) is 14.7. The standard InChI is InChI=1S/C21H38N4O7/c1-7-12(6)17(21(31)32)25-20(30)16(11(4)5)24-19(29)14(8-10(2)3)23-18(28)13(22)9-15(26)27/h10-14,16-17H,7-9,22H2,1-6H3,(H,23,28)(H,24,29)(H,25,30)(H,26,27)(H,31,32). The third-order valence-corrected chi connectivity index (χ3v) is 5.10. The number of amides is 3. The molecule has 5 atom stereocenters. The number of hydrogen-bond donors (Lipinski definition) is 6. The third-order valence-electron chi connectivity index (χ3n) is 5.10. The van der Waals surface area contributed by atoms with Gasteiger partial charge in [0.15, 0.2) is 0 Å². The molecule has 0 spiro atoms. The van der Waals surface area contributed by atoms with Crippen LogP contribution < -0.4 is 21.7 Å². The van der Waals surface area contributed by atoms with E-state index in [9.17, 15) is 29.1 Å². The SMILES string of the molecule is CCC(C)C(NC(=O)C(NC(=O)C(CC(C)C)NC(=O)C(N)CC(=O)O)C(C)C)C(=O)O. The van der Waals surface area contributed by atoms with Crippen molar-refractivity contribution < 1.29 is 34.2 Å². The Hall–Kier alpha value is -2.69. The number of carboxylic acids is 2. The molecular weight excluding hydrogens is 420 g/mol. The molecular formula is C21H38N4O7. The van der Waals surface area contributed by atoms with E-state index >= 15 is 0 Å². The fraction of sp³-hybridized carbons (Fsp3) is 0.762. The van der Waals surface area contributed by atoms with Crippen LogP contribution in [0.3, 0.4) is 0 Å². The first-order valence-corrected chi connectivity index (χ1v) is 10.8. The van der Waals surface area contributed by atoms with Gasteiger partial charge in [-0.1, -0.05) is 48.0 Å². The van der Waals surface area contributed by atoms with Crippen molar-refractivity contribution in [1.29, 1.82) is 0 Å². The van der Waals surface area contributed by atoms with E-state index < -0.39 is 60.2 Å². The van der Waals surface area contributed by atoms with E-state index in [4.69, 9.17) is 10.8 Å². The Morgan fingerprint density at radius 2 is 1.34 bits per heavy atom. The second-order valence-corrected chi connectivity index (χ2v) is 8.84. The van der Waals surface area contributed by atoms with E-state index in [1.54, 1.807) is 20.8 Å². The van der Waals surface area contributed by atoms with E-state index in [-0.39, 0.29) is 24.2 Å². The predicted octanol–water partition coefficient (Wildman–Crippen LogP) is 0.0756. The molecule has 0 saturated carbocycles. The van der Waals surface area contributed by atoms with Gasteiger partial charge in [-0.3, -0.25) is 19.2 Å². The molecule has 0 aromatic carbocycles. The second-order valence-electron chi connectivity index (χ2n) is 8.84. The monoisotopic (exact) mass is 458 g/mol. The number of nitrogens with one attached hydrogen (secondary N) is 3. The smallest absolute Gasteiger partial charge is 0.326 e. The number of nitrogens with two attached hydrogens (primary N) is 1. The van der Waals surface area contributed by atoms with E-state index in [0.29, 0.717) is 6.42 Å². The van der Waals surface area contributed by atoms with Crippen molar-refractivity contribution in [2.24, 2.45) is 23.5 Å². The lowest BCUT2D eigenvalue weighted by molar-refractivity contribution is -0.144. The average Bonchev–Trinajstić information content (AvgIpc) is 2.67. The average molecular weight is 459 g/mol. The Bertz CT molecular complexity index is 681. The first-order valence-electron chi connectivity index (χ1n) is 10.8. The molecule has 5 unspecified atom stereocenters. The van der Waals surface area contributed by atoms with Gasteiger partial charge in [-0.15, -0.1) is 0 Å². The van der Waals surface area contributed by atoms with Crippen molar-refractivity contribution in [3.63, 3.8) is 0 Å². The summed E-state index contributed by atoms with van der Waals surface area (Å²) >= 11 is 0. The third kappa shape index (κ3) is 10.1. The Balaban J connectivity index is 5.48. The quantitative estimate of drug-likeness (QED) is 0.211. The largest absolute Gasteiger partial charge is 0.481 e. The molecule has 11 nitrogen and oxygen atoms in total. The van der Waals surface area contributed by atoms with Crippen LogP contribution in [-0.4, -0.2) is 64.0 Å². The zero-order valence-corrected chi connectivity index (χ0v) is 19.7. The molecule has 7 N–H and O–H groups in total. The molecule has 0 aromatic rings. The van der Waals surface area contributed by atoms with E-state index in [2.05, 4.69) is 16.0 Å². The summed E-state index contributed by atoms with van der Waals surface area (Å²) in [5.41, 5.74) is 5.58. The Morgan fingerprint density at radius 3 is 1.75 bits per heavy atom. The van der Waals surface area contributed by atoms with E-state index in [1.165, 1.54) is 0 Å². The van der Waals surface area contributed by atoms with Crippen molar-refractivity contribution in [2.75, 3.05) is 0 Å². The molecule has 0 aliphatic rings. The van der Waals surface area contributed by atoms with Crippen LogP contribution in [0.15, 0.2) is 0 Å². The van der Waals surface area contributed by atoms with Gasteiger partial charge in [-0.2, -0.15) is 0 Å². The maximum absolute atomic E-state index is 12.9. The van der Waals surface area contributed by atoms with Gasteiger partial charge in [0.25, 0.3) is 0 Å². The van der Waals surface area contributed by atoms with Gasteiger partial charge in [0.05, 0.1) is 12.5 Å². The molecule has 0 aliphatic carbocycles. The van der Waals surface area contributed by atoms with Crippen LogP contribution in [0.4, 0.5) is 0 Å². The van der Waals surface area contributed by atoms with Crippen molar-refractivity contribution in [2.45, 2.75) is 85.0 Å². The fourth-order valence-corrected chi connectivity index (χ4v) is 2.98. The highest BCUT2D eigenvalue weighted by molar-refractivity contribution is 5.94. The highest BCUT2D eigenvalue weighted by Gasteiger charge is 2.33. The highest BCUT2D eigenvalue weighted by atomic mass is 16.4. The van der Waals surface area contributed by atoms with Crippen LogP contribution in [-0.2, 0) is 24.0 Å². The number of aliphatic carboxylic acids is 2. The van der Waals surface area contributed by atoms with Crippen LogP contribution in [0.1, 0.15) is 60.8 Å². The normalized spacial score (nSPS) is 15.9. The van der Waals surface area contributed by atoms with Gasteiger partial charge in [0.1, 0.15) is 18.1 Å². The molecule has 0 bridgehead atoms. The van der Waals surface area contributed by atoms with Gasteiger partial charge >= 0.3 is 11.9 Å². The van der Waals surface area contributed by atoms with Crippen LogP contribution in [0.5, 0.6) is 0 Å². The van der Waals surface area contributed by atoms with Crippen molar-refractivity contribution in [3.05, 3.63) is 0 Å². The molecule has 32 heavy (non-hydrogen) atoms. The first kappa shape index (κ1) is 29.3. The van der Waals surface area contributed by atoms with Gasteiger partial charge in [0.2, 0.25) is 17.7 Å². The fourth-order valence-electron chi connectivity index (χ4n) is 2.98. The number of carboxylic acid groups (broad SMARTS) is 2. The minimum atomic E-state index is -1.33. The summed E-state index contributed by atoms with van der Waals surface area (Å²) in [7, 11) is 0. The maximum atomic E-state index is 12.9. The lowest BCUT2D eigenvalue weighted by Gasteiger charge is -2.28. The summed E-state index contributed by atoms with van der Waals surface area (Å²) in [5, 5.41) is 25.8. The number of hydrogen-bond acceptors (Lipinski definition) is 6. The lowest BCUT2D eigenvalue weighted by atomic mass is 9.96. The van der Waals surface area contributed by atoms with Crippen LogP contribution in [0.2, 0.25) is 0 Å². The Labute approximate surface area is 188 Å². The minimum Gasteiger partial charge on any atom is -0.481 e. The zero-order valence-electron chi connectivity index (χ0n) is 19.7. The van der Waals surface area contributed by atoms with Crippen molar-refractivity contribution >= 4 is 29.7 Å². The van der Waals surface area contributed by atoms with Crippen molar-refractivity contribution in [3.8, 4) is 0 Å². The minimum absolute atomic E-state index is 0.00475. The van der Waals surface area contributed by atoms with Gasteiger partial charge in [0, 0.05) is 0 Å². The molecule has 0 fully saturated rings. The summed E-state index contributed by atoms with van der Waals surface area (Å²) in [6.45, 7) is 10.6. The summed E-state index contributed by atoms with van der Waals surface area (Å²) in [6, 6.07) is -4.51. The van der Waals surface area contributed by atoms with E-state index in [1.807, 2.05) is 20.8 Å². The Morgan fingerprint density at radius 1 is 0.812 bits per heavy atom. The molecule has 3 amide bonds. The maximum Gasteiger partial charge on any atom is 0.326 e. The number of carbonyl (C=O) groups is 5. The molecule has 184 valence electrons. The van der Waals surface area contributed by atoms with Gasteiger partial charge in [-0.05, 0) is 24.2 Å². The predicted molar refractivity (Wildman–Crippen MR) is 117 cm³/mol. The number of rotatable bonds is 14. The molecule has 0 aromatic heterocycles. The van der Waals surface area contributed by atoms with Crippen LogP contribution >= 0.6 is 0 Å². The topological polar surface area (TPSA) is 188 Å². The molecule has 0 saturated heterocycles. The zero-order chi connectivity index (χ0) is 25.2. The molecule has 0 heterocycles. The molecule has 0 rings (SSSR count). The number of carbonyl (C=O) groups excluding carboxylic acids is 3. The highest BCUT2D eigenvalue weighted by Crippen LogP contribution is 2.11. The van der Waals surface area contributed by atoms with Gasteiger partial charge in [-0.25, -0.2) is 4.79 Å². The molecule has 0 radical (unpaired) electrons. The van der Waals surface area contributed by atoms with Crippen LogP contribution in [0, 0.1) is 17.8 Å². The Kier molecular flexibility index (Phi) is 12.5. The summed E-state index contributed by atoms with van der Waals surface area (Å²) in [4.78, 5) is 60.3.